The van der Waals surface area contributed by atoms with E-state index in [-0.39, 0.29) is 13.0 Å². The van der Waals surface area contributed by atoms with Crippen LogP contribution in [0, 0.1) is 19.1 Å². The Kier molecular flexibility index (Phi) is 8.45. The van der Waals surface area contributed by atoms with Gasteiger partial charge in [0.15, 0.2) is 5.75 Å². The summed E-state index contributed by atoms with van der Waals surface area (Å²) < 4.78 is 9.96. The van der Waals surface area contributed by atoms with Crippen molar-refractivity contribution in [2.45, 2.75) is 20.8 Å². The van der Waals surface area contributed by atoms with Crippen LogP contribution in [0.3, 0.4) is 0 Å². The molecule has 0 radical (unpaired) electrons. The highest BCUT2D eigenvalue weighted by Crippen LogP contribution is 2.13. The van der Waals surface area contributed by atoms with E-state index in [0.29, 0.717) is 22.5 Å². The van der Waals surface area contributed by atoms with Crippen molar-refractivity contribution in [1.82, 2.24) is 5.32 Å². The number of carbonyl (C=O) groups excluding carboxylic acids is 1. The van der Waals surface area contributed by atoms with E-state index in [0.717, 1.165) is 5.39 Å². The molecule has 2 aromatic carbocycles. The molecule has 138 valence electrons. The molecule has 0 aliphatic rings. The summed E-state index contributed by atoms with van der Waals surface area (Å²) in [6, 6.07) is 18.0. The second kappa shape index (κ2) is 10.6. The first-order valence-electron chi connectivity index (χ1n) is 8.24. The molecule has 26 heavy (non-hydrogen) atoms. The van der Waals surface area contributed by atoms with E-state index in [2.05, 4.69) is 17.4 Å². The third-order valence-electron chi connectivity index (χ3n) is 3.26. The third kappa shape index (κ3) is 5.38. The standard InChI is InChI=1S/C10H8O2.C9H9NO2.C2H6.H2/c1-7-6-8-4-2-3-5-9(8)12-10(7)11;1-10-9(11)7-5-3-4-6-8(7)12-2;1-2;/h2-6H,1H3;3,5H,1-2H3,(H,10,11);1-2H3;1H. The number of ether oxygens (including phenoxy) is 1. The maximum absolute atomic E-state index is 11.2. The number of carbonyl (C=O) groups is 1. The monoisotopic (exact) mass is 355 g/mol. The predicted octanol–water partition coefficient (Wildman–Crippen LogP) is 4.03. The number of hydrogen-bond acceptors (Lipinski definition) is 4. The van der Waals surface area contributed by atoms with Crippen LogP contribution < -0.4 is 15.7 Å². The second-order valence-electron chi connectivity index (χ2n) is 4.88. The Bertz CT molecular complexity index is 906. The van der Waals surface area contributed by atoms with Gasteiger partial charge in [-0.15, -0.1) is 0 Å². The van der Waals surface area contributed by atoms with Crippen LogP contribution >= 0.6 is 0 Å². The van der Waals surface area contributed by atoms with Gasteiger partial charge in [-0.1, -0.05) is 38.1 Å². The summed E-state index contributed by atoms with van der Waals surface area (Å²) in [5.74, 6) is 0.231. The van der Waals surface area contributed by atoms with Gasteiger partial charge in [0.05, 0.1) is 12.7 Å². The van der Waals surface area contributed by atoms with E-state index >= 15 is 0 Å². The van der Waals surface area contributed by atoms with E-state index in [1.807, 2.05) is 38.1 Å². The average Bonchev–Trinajstić information content (AvgIpc) is 2.70. The van der Waals surface area contributed by atoms with E-state index in [1.54, 1.807) is 32.2 Å². The minimum Gasteiger partial charge on any atom is -0.488 e. The Morgan fingerprint density at radius 2 is 1.92 bits per heavy atom. The van der Waals surface area contributed by atoms with Crippen molar-refractivity contribution < 1.29 is 15.4 Å². The van der Waals surface area contributed by atoms with Gasteiger partial charge >= 0.3 is 5.63 Å². The molecule has 0 aliphatic carbocycles. The molecule has 5 nitrogen and oxygen atoms in total. The first-order chi connectivity index (χ1) is 12.6. The SMILES string of the molecule is CC.CNC(=O)c1ccc#cc1OC.Cc1cc2ccccc2oc1=O.[HH]. The maximum Gasteiger partial charge on any atom is 0.339 e. The van der Waals surface area contributed by atoms with Crippen LogP contribution in [-0.4, -0.2) is 20.1 Å². The highest BCUT2D eigenvalue weighted by Gasteiger charge is 2.08. The van der Waals surface area contributed by atoms with Crippen LogP contribution in [0.25, 0.3) is 11.0 Å². The molecule has 1 heterocycles. The van der Waals surface area contributed by atoms with Crippen LogP contribution in [-0.2, 0) is 0 Å². The number of benzene rings is 1. The van der Waals surface area contributed by atoms with Crippen molar-refractivity contribution in [3.8, 4) is 5.75 Å². The van der Waals surface area contributed by atoms with Gasteiger partial charge in [0.25, 0.3) is 5.91 Å². The fourth-order valence-electron chi connectivity index (χ4n) is 2.01. The summed E-state index contributed by atoms with van der Waals surface area (Å²) >= 11 is 0. The van der Waals surface area contributed by atoms with Gasteiger partial charge in [0.1, 0.15) is 5.58 Å². The summed E-state index contributed by atoms with van der Waals surface area (Å²) in [6.45, 7) is 5.75. The number of methoxy groups -OCH3 is 1. The van der Waals surface area contributed by atoms with Gasteiger partial charge in [0, 0.05) is 19.4 Å². The highest BCUT2D eigenvalue weighted by molar-refractivity contribution is 5.96. The number of amides is 1. The predicted molar refractivity (Wildman–Crippen MR) is 105 cm³/mol. The van der Waals surface area contributed by atoms with Crippen LogP contribution in [0.5, 0.6) is 5.75 Å². The van der Waals surface area contributed by atoms with E-state index in [4.69, 9.17) is 9.15 Å². The smallest absolute Gasteiger partial charge is 0.339 e. The molecule has 3 aromatic rings. The molecule has 0 unspecified atom stereocenters. The number of nitrogens with one attached hydrogen (secondary N) is 1. The molecule has 0 saturated heterocycles. The molecule has 1 amide bonds. The summed E-state index contributed by atoms with van der Waals surface area (Å²) in [7, 11) is 3.06. The zero-order valence-electron chi connectivity index (χ0n) is 15.7. The zero-order valence-corrected chi connectivity index (χ0v) is 15.7. The molecular weight excluding hydrogens is 330 g/mol. The second-order valence-corrected chi connectivity index (χ2v) is 4.88. The summed E-state index contributed by atoms with van der Waals surface area (Å²) in [5.41, 5.74) is 1.51. The Labute approximate surface area is 155 Å². The maximum atomic E-state index is 11.2. The molecule has 0 saturated carbocycles. The minimum absolute atomic E-state index is 0. The van der Waals surface area contributed by atoms with Crippen molar-refractivity contribution in [3.05, 3.63) is 76.1 Å². The van der Waals surface area contributed by atoms with Gasteiger partial charge in [-0.25, -0.2) is 4.79 Å². The Balaban J connectivity index is 0.000000444. The lowest BCUT2D eigenvalue weighted by Gasteiger charge is -2.02. The number of hydrogen-bond donors (Lipinski definition) is 1. The molecule has 5 heteroatoms. The topological polar surface area (TPSA) is 68.5 Å². The van der Waals surface area contributed by atoms with Crippen LogP contribution in [0.1, 0.15) is 31.2 Å². The minimum atomic E-state index is -0.256. The van der Waals surface area contributed by atoms with Crippen molar-refractivity contribution in [2.24, 2.45) is 0 Å². The molecule has 0 atom stereocenters. The quantitative estimate of drug-likeness (QED) is 0.705. The fraction of sp³-hybridized carbons (Fsp3) is 0.238. The summed E-state index contributed by atoms with van der Waals surface area (Å²) in [4.78, 5) is 22.2. The van der Waals surface area contributed by atoms with Gasteiger partial charge in [0.2, 0.25) is 0 Å². The van der Waals surface area contributed by atoms with Crippen LogP contribution in [0.4, 0.5) is 0 Å². The number of aryl methyl sites for hydroxylation is 1. The van der Waals surface area contributed by atoms with Crippen molar-refractivity contribution in [1.29, 1.82) is 0 Å². The number of fused-ring (bicyclic) bond motifs is 1. The molecule has 0 fully saturated rings. The number of para-hydroxylation sites is 1. The average molecular weight is 355 g/mol. The normalized spacial score (nSPS) is 8.96. The first-order valence-corrected chi connectivity index (χ1v) is 8.24. The third-order valence-corrected chi connectivity index (χ3v) is 3.26. The highest BCUT2D eigenvalue weighted by atomic mass is 16.5. The molecule has 0 aliphatic heterocycles. The van der Waals surface area contributed by atoms with Crippen LogP contribution in [0.2, 0.25) is 0 Å². The van der Waals surface area contributed by atoms with Gasteiger partial charge in [-0.05, 0) is 37.3 Å². The first kappa shape index (κ1) is 20.8. The fourth-order valence-corrected chi connectivity index (χ4v) is 2.01. The van der Waals surface area contributed by atoms with E-state index < -0.39 is 0 Å². The Hall–Kier alpha value is -3.26. The lowest BCUT2D eigenvalue weighted by molar-refractivity contribution is 0.0960. The number of rotatable bonds is 2. The lowest BCUT2D eigenvalue weighted by atomic mass is 10.2. The van der Waals surface area contributed by atoms with Gasteiger partial charge in [-0.2, -0.15) is 0 Å². The van der Waals surface area contributed by atoms with Crippen molar-refractivity contribution in [2.75, 3.05) is 14.2 Å². The van der Waals surface area contributed by atoms with E-state index in [1.165, 1.54) is 7.11 Å². The van der Waals surface area contributed by atoms with Crippen LogP contribution in [0.15, 0.2) is 51.7 Å². The molecule has 0 spiro atoms. The van der Waals surface area contributed by atoms with Crippen molar-refractivity contribution >= 4 is 16.9 Å². The zero-order chi connectivity index (χ0) is 19.5. The van der Waals surface area contributed by atoms with Gasteiger partial charge < -0.3 is 14.5 Å². The summed E-state index contributed by atoms with van der Waals surface area (Å²) in [5, 5.41) is 3.47. The molecule has 3 rings (SSSR count). The largest absolute Gasteiger partial charge is 0.488 e. The molecule has 1 aromatic heterocycles. The van der Waals surface area contributed by atoms with E-state index in [9.17, 15) is 9.59 Å². The van der Waals surface area contributed by atoms with Gasteiger partial charge in [-0.3, -0.25) is 4.79 Å². The molecule has 1 N–H and O–H groups in total. The Morgan fingerprint density at radius 1 is 1.23 bits per heavy atom. The summed E-state index contributed by atoms with van der Waals surface area (Å²) in [6.07, 6.45) is 0. The Morgan fingerprint density at radius 3 is 2.58 bits per heavy atom. The lowest BCUT2D eigenvalue weighted by Crippen LogP contribution is -2.18. The van der Waals surface area contributed by atoms with Crippen molar-refractivity contribution in [3.63, 3.8) is 0 Å². The molecular formula is C21H25NO4. The molecule has 0 bridgehead atoms.